The molecule has 30 heavy (non-hydrogen) atoms. The second-order valence-corrected chi connectivity index (χ2v) is 7.61. The quantitative estimate of drug-likeness (QED) is 0.660. The fraction of sp³-hybridized carbons (Fsp3) is 0.227. The van der Waals surface area contributed by atoms with E-state index in [4.69, 9.17) is 4.42 Å². The molecule has 5 rings (SSSR count). The van der Waals surface area contributed by atoms with Crippen molar-refractivity contribution in [3.63, 3.8) is 0 Å². The van der Waals surface area contributed by atoms with Gasteiger partial charge in [0.05, 0.1) is 12.0 Å². The summed E-state index contributed by atoms with van der Waals surface area (Å²) in [5, 5.41) is 6.11. The van der Waals surface area contributed by atoms with Gasteiger partial charge in [-0.15, -0.1) is 0 Å². The summed E-state index contributed by atoms with van der Waals surface area (Å²) < 4.78 is 33.4. The van der Waals surface area contributed by atoms with E-state index in [2.05, 4.69) is 20.6 Å². The Labute approximate surface area is 170 Å². The molecule has 152 valence electrons. The molecule has 0 saturated carbocycles. The van der Waals surface area contributed by atoms with E-state index in [1.54, 1.807) is 6.07 Å². The molecular weight excluding hydrogens is 390 g/mol. The summed E-state index contributed by atoms with van der Waals surface area (Å²) in [6.45, 7) is 1.94. The van der Waals surface area contributed by atoms with E-state index in [1.165, 1.54) is 12.1 Å². The van der Waals surface area contributed by atoms with Crippen LogP contribution in [0, 0.1) is 23.5 Å². The molecule has 0 saturated heterocycles. The number of halogens is 2. The van der Waals surface area contributed by atoms with Gasteiger partial charge in [0.25, 0.3) is 0 Å². The maximum absolute atomic E-state index is 13.9. The number of oxazole rings is 1. The number of hydrogen-bond donors (Lipinski definition) is 2. The number of aliphatic imine (C=N–C) groups is 1. The third kappa shape index (κ3) is 3.34. The van der Waals surface area contributed by atoms with Crippen molar-refractivity contribution in [2.45, 2.75) is 19.4 Å². The molecule has 1 aliphatic heterocycles. The number of nitrogens with one attached hydrogen (secondary N) is 2. The maximum Gasteiger partial charge on any atom is 0.302 e. The summed E-state index contributed by atoms with van der Waals surface area (Å²) in [6.07, 6.45) is 2.31. The van der Waals surface area contributed by atoms with E-state index in [0.29, 0.717) is 34.7 Å². The van der Waals surface area contributed by atoms with Crippen molar-refractivity contribution in [2.75, 3.05) is 5.32 Å². The highest BCUT2D eigenvalue weighted by atomic mass is 19.1. The standard InChI is InChI=1S/C22H18F2N4O2/c1-11-6-16-19(17(29)7-11)20(12-8-13(23)10-14(24)9-12)27-21(25-16)28-22-26-15-4-2-3-5-18(15)30-22/h2-6,8-11,19-20H,7H2,1H3,(H2,25,26,27,28)/t11-,19+,20+/m1/s1. The highest BCUT2D eigenvalue weighted by Crippen LogP contribution is 2.39. The van der Waals surface area contributed by atoms with Gasteiger partial charge in [-0.2, -0.15) is 4.98 Å². The number of anilines is 1. The second kappa shape index (κ2) is 7.05. The van der Waals surface area contributed by atoms with Crippen LogP contribution in [0.1, 0.15) is 24.9 Å². The Morgan fingerprint density at radius 3 is 2.70 bits per heavy atom. The molecule has 2 N–H and O–H groups in total. The number of ketones is 1. The van der Waals surface area contributed by atoms with Gasteiger partial charge in [-0.25, -0.2) is 13.8 Å². The third-order valence-electron chi connectivity index (χ3n) is 5.26. The van der Waals surface area contributed by atoms with E-state index in [-0.39, 0.29) is 17.7 Å². The lowest BCUT2D eigenvalue weighted by Crippen LogP contribution is -2.44. The summed E-state index contributed by atoms with van der Waals surface area (Å²) in [6, 6.07) is 9.98. The number of nitrogens with zero attached hydrogens (tertiary/aromatic N) is 2. The van der Waals surface area contributed by atoms with Crippen molar-refractivity contribution in [3.05, 3.63) is 71.4 Å². The lowest BCUT2D eigenvalue weighted by molar-refractivity contribution is -0.123. The average Bonchev–Trinajstić information content (AvgIpc) is 3.08. The Hall–Kier alpha value is -3.55. The largest absolute Gasteiger partial charge is 0.423 e. The zero-order valence-corrected chi connectivity index (χ0v) is 16.0. The van der Waals surface area contributed by atoms with Gasteiger partial charge in [0.2, 0.25) is 5.96 Å². The summed E-state index contributed by atoms with van der Waals surface area (Å²) in [7, 11) is 0. The van der Waals surface area contributed by atoms with Crippen LogP contribution in [0.2, 0.25) is 0 Å². The molecule has 6 nitrogen and oxygen atoms in total. The number of benzene rings is 2. The number of allylic oxidation sites excluding steroid dienone is 1. The molecule has 2 aromatic carbocycles. The van der Waals surface area contributed by atoms with Crippen LogP contribution < -0.4 is 10.6 Å². The van der Waals surface area contributed by atoms with E-state index < -0.39 is 23.6 Å². The van der Waals surface area contributed by atoms with Gasteiger partial charge in [-0.3, -0.25) is 10.1 Å². The van der Waals surface area contributed by atoms with Crippen LogP contribution in [0.3, 0.4) is 0 Å². The lowest BCUT2D eigenvalue weighted by atomic mass is 9.78. The smallest absolute Gasteiger partial charge is 0.302 e. The van der Waals surface area contributed by atoms with E-state index in [9.17, 15) is 13.6 Å². The van der Waals surface area contributed by atoms with Crippen LogP contribution in [0.5, 0.6) is 0 Å². The minimum absolute atomic E-state index is 0.0215. The summed E-state index contributed by atoms with van der Waals surface area (Å²) in [5.74, 6) is -1.74. The highest BCUT2D eigenvalue weighted by Gasteiger charge is 2.40. The minimum Gasteiger partial charge on any atom is -0.423 e. The van der Waals surface area contributed by atoms with Gasteiger partial charge in [-0.1, -0.05) is 25.1 Å². The molecule has 0 spiro atoms. The van der Waals surface area contributed by atoms with Crippen LogP contribution in [0.15, 0.2) is 63.6 Å². The van der Waals surface area contributed by atoms with Crippen LogP contribution >= 0.6 is 0 Å². The number of aromatic nitrogens is 1. The second-order valence-electron chi connectivity index (χ2n) is 7.61. The van der Waals surface area contributed by atoms with E-state index in [0.717, 1.165) is 6.07 Å². The van der Waals surface area contributed by atoms with Crippen molar-refractivity contribution < 1.29 is 18.0 Å². The molecule has 1 aromatic heterocycles. The Morgan fingerprint density at radius 2 is 1.93 bits per heavy atom. The fourth-order valence-electron chi connectivity index (χ4n) is 4.04. The van der Waals surface area contributed by atoms with Gasteiger partial charge in [0.1, 0.15) is 22.9 Å². The third-order valence-corrected chi connectivity index (χ3v) is 5.26. The number of carbonyl (C=O) groups excluding carboxylic acids is 1. The Kier molecular flexibility index (Phi) is 4.34. The van der Waals surface area contributed by atoms with Crippen molar-refractivity contribution in [3.8, 4) is 0 Å². The molecule has 3 aromatic rings. The van der Waals surface area contributed by atoms with Crippen LogP contribution in [0.4, 0.5) is 14.8 Å². The van der Waals surface area contributed by atoms with Crippen molar-refractivity contribution in [2.24, 2.45) is 16.8 Å². The number of guanidine groups is 1. The molecule has 0 bridgehead atoms. The molecular formula is C22H18F2N4O2. The number of para-hydroxylation sites is 2. The molecule has 2 heterocycles. The van der Waals surface area contributed by atoms with Gasteiger partial charge in [0, 0.05) is 18.2 Å². The summed E-state index contributed by atoms with van der Waals surface area (Å²) in [4.78, 5) is 21.7. The minimum atomic E-state index is -0.769. The molecule has 0 amide bonds. The number of Topliss-reactive ketones (excluding diaryl/α,β-unsaturated/α-hetero) is 1. The Morgan fingerprint density at radius 1 is 1.17 bits per heavy atom. The van der Waals surface area contributed by atoms with Crippen molar-refractivity contribution in [1.29, 1.82) is 0 Å². The number of rotatable bonds is 2. The van der Waals surface area contributed by atoms with Crippen LogP contribution in [-0.2, 0) is 4.79 Å². The first-order valence-corrected chi connectivity index (χ1v) is 9.64. The molecule has 2 aliphatic rings. The first-order valence-electron chi connectivity index (χ1n) is 9.64. The molecule has 0 unspecified atom stereocenters. The summed E-state index contributed by atoms with van der Waals surface area (Å²) >= 11 is 0. The van der Waals surface area contributed by atoms with Gasteiger partial charge >= 0.3 is 6.01 Å². The Bertz CT molecular complexity index is 1160. The summed E-state index contributed by atoms with van der Waals surface area (Å²) in [5.41, 5.74) is 2.24. The molecule has 1 aliphatic carbocycles. The van der Waals surface area contributed by atoms with Gasteiger partial charge in [-0.05, 0) is 35.7 Å². The fourth-order valence-corrected chi connectivity index (χ4v) is 4.04. The average molecular weight is 408 g/mol. The molecule has 0 fully saturated rings. The predicted molar refractivity (Wildman–Crippen MR) is 108 cm³/mol. The van der Waals surface area contributed by atoms with Crippen molar-refractivity contribution >= 4 is 28.9 Å². The lowest BCUT2D eigenvalue weighted by Gasteiger charge is -2.35. The van der Waals surface area contributed by atoms with Crippen LogP contribution in [0.25, 0.3) is 11.1 Å². The van der Waals surface area contributed by atoms with Crippen LogP contribution in [-0.4, -0.2) is 16.7 Å². The normalized spacial score (nSPS) is 23.4. The van der Waals surface area contributed by atoms with E-state index >= 15 is 0 Å². The Balaban J connectivity index is 1.56. The highest BCUT2D eigenvalue weighted by molar-refractivity contribution is 5.98. The number of carbonyl (C=O) groups is 1. The van der Waals surface area contributed by atoms with Gasteiger partial charge < -0.3 is 9.73 Å². The SMILES string of the molecule is C[C@@H]1C=C2NC(Nc3nc4ccccc4o3)=N[C@@H](c3cc(F)cc(F)c3)[C@@H]2C(=O)C1. The predicted octanol–water partition coefficient (Wildman–Crippen LogP) is 4.33. The zero-order valence-electron chi connectivity index (χ0n) is 16.0. The number of hydrogen-bond acceptors (Lipinski definition) is 6. The number of fused-ring (bicyclic) bond motifs is 2. The first kappa shape index (κ1) is 18.5. The molecule has 8 heteroatoms. The molecule has 0 radical (unpaired) electrons. The zero-order chi connectivity index (χ0) is 20.8. The van der Waals surface area contributed by atoms with Crippen molar-refractivity contribution in [1.82, 2.24) is 10.3 Å². The maximum atomic E-state index is 13.9. The molecule has 3 atom stereocenters. The van der Waals surface area contributed by atoms with Gasteiger partial charge in [0.15, 0.2) is 5.58 Å². The van der Waals surface area contributed by atoms with E-state index in [1.807, 2.05) is 31.2 Å². The monoisotopic (exact) mass is 408 g/mol. The topological polar surface area (TPSA) is 79.5 Å². The first-order chi connectivity index (χ1) is 14.5.